The van der Waals surface area contributed by atoms with Crippen LogP contribution in [-0.4, -0.2) is 48.4 Å². The highest BCUT2D eigenvalue weighted by Crippen LogP contribution is 2.36. The van der Waals surface area contributed by atoms with Gasteiger partial charge in [-0.25, -0.2) is 0 Å². The first kappa shape index (κ1) is 13.0. The van der Waals surface area contributed by atoms with Crippen molar-refractivity contribution < 1.29 is 13.6 Å². The molecular formula is C10H24O3Si3. The van der Waals surface area contributed by atoms with Gasteiger partial charge in [-0.05, 0) is 26.2 Å². The predicted molar refractivity (Wildman–Crippen MR) is 73.0 cm³/mol. The van der Waals surface area contributed by atoms with Crippen molar-refractivity contribution in [3.63, 3.8) is 0 Å². The van der Waals surface area contributed by atoms with Crippen molar-refractivity contribution in [1.29, 1.82) is 0 Å². The molecule has 0 N–H and O–H groups in total. The number of rotatable bonds is 5. The Labute approximate surface area is 102 Å². The quantitative estimate of drug-likeness (QED) is 0.569. The van der Waals surface area contributed by atoms with Crippen molar-refractivity contribution in [3.8, 4) is 0 Å². The number of ether oxygens (including phenoxy) is 2. The van der Waals surface area contributed by atoms with E-state index in [1.54, 1.807) is 0 Å². The molecule has 94 valence electrons. The maximum atomic E-state index is 6.65. The third-order valence-corrected chi connectivity index (χ3v) is 26.6. The van der Waals surface area contributed by atoms with Crippen LogP contribution in [0.3, 0.4) is 0 Å². The normalized spacial score (nSPS) is 30.4. The first-order valence-corrected chi connectivity index (χ1v) is 16.1. The Bertz CT molecular complexity index is 283. The first-order valence-electron chi connectivity index (χ1n) is 6.10. The molecule has 0 aromatic rings. The predicted octanol–water partition coefficient (Wildman–Crippen LogP) is 2.08. The highest BCUT2D eigenvalue weighted by atomic mass is 29.3. The molecule has 0 aliphatic carbocycles. The Morgan fingerprint density at radius 2 is 1.31 bits per heavy atom. The van der Waals surface area contributed by atoms with E-state index in [0.717, 1.165) is 13.2 Å². The van der Waals surface area contributed by atoms with Crippen LogP contribution in [0.1, 0.15) is 0 Å². The Morgan fingerprint density at radius 3 is 1.69 bits per heavy atom. The fraction of sp³-hybridized carbons (Fsp3) is 1.00. The molecule has 16 heavy (non-hydrogen) atoms. The highest BCUT2D eigenvalue weighted by molar-refractivity contribution is 7.40. The monoisotopic (exact) mass is 276 g/mol. The lowest BCUT2D eigenvalue weighted by atomic mass is 11.0. The molecule has 0 spiro atoms. The average Bonchev–Trinajstić information content (AvgIpc) is 2.96. The SMILES string of the molecule is C[Si](C)(O[Si](C)(C)[Si](C)(C)C1CO1)C1CO1. The topological polar surface area (TPSA) is 34.3 Å². The average molecular weight is 277 g/mol. The van der Waals surface area contributed by atoms with Gasteiger partial charge >= 0.3 is 0 Å². The van der Waals surface area contributed by atoms with Crippen LogP contribution < -0.4 is 0 Å². The molecule has 3 nitrogen and oxygen atoms in total. The second-order valence-electron chi connectivity index (χ2n) is 6.58. The summed E-state index contributed by atoms with van der Waals surface area (Å²) in [6.07, 6.45) is 0. The van der Waals surface area contributed by atoms with E-state index < -0.39 is 23.7 Å². The summed E-state index contributed by atoms with van der Waals surface area (Å²) in [6, 6.07) is 0. The summed E-state index contributed by atoms with van der Waals surface area (Å²) < 4.78 is 17.7. The Balaban J connectivity index is 2.06. The van der Waals surface area contributed by atoms with Crippen molar-refractivity contribution >= 4 is 23.7 Å². The minimum atomic E-state index is -1.61. The zero-order chi connectivity index (χ0) is 12.2. The number of epoxide rings is 2. The minimum Gasteiger partial charge on any atom is -0.456 e. The summed E-state index contributed by atoms with van der Waals surface area (Å²) in [5, 5.41) is 0. The van der Waals surface area contributed by atoms with E-state index >= 15 is 0 Å². The van der Waals surface area contributed by atoms with Gasteiger partial charge in [-0.15, -0.1) is 0 Å². The standard InChI is InChI=1S/C10H24O3Si3/c1-14(2,9-7-11-9)13-16(5,6)15(3,4)10-8-12-10/h9-10H,7-8H2,1-6H3. The van der Waals surface area contributed by atoms with E-state index in [1.165, 1.54) is 0 Å². The molecule has 0 aromatic carbocycles. The largest absolute Gasteiger partial charge is 0.456 e. The van der Waals surface area contributed by atoms with Crippen molar-refractivity contribution in [2.75, 3.05) is 13.2 Å². The molecule has 2 rings (SSSR count). The lowest BCUT2D eigenvalue weighted by molar-refractivity contribution is 0.422. The molecule has 2 fully saturated rings. The van der Waals surface area contributed by atoms with Gasteiger partial charge in [0.25, 0.3) is 0 Å². The van der Waals surface area contributed by atoms with Crippen LogP contribution in [0.15, 0.2) is 0 Å². The van der Waals surface area contributed by atoms with Gasteiger partial charge in [-0.3, -0.25) is 0 Å². The van der Waals surface area contributed by atoms with E-state index in [1.807, 2.05) is 0 Å². The van der Waals surface area contributed by atoms with Crippen molar-refractivity contribution in [2.45, 2.75) is 50.7 Å². The molecule has 2 heterocycles. The van der Waals surface area contributed by atoms with Crippen LogP contribution in [0.4, 0.5) is 0 Å². The lowest BCUT2D eigenvalue weighted by Gasteiger charge is -2.42. The van der Waals surface area contributed by atoms with Gasteiger partial charge in [0.05, 0.1) is 24.7 Å². The molecule has 2 atom stereocenters. The Kier molecular flexibility index (Phi) is 3.05. The zero-order valence-corrected chi connectivity index (χ0v) is 14.3. The fourth-order valence-electron chi connectivity index (χ4n) is 2.16. The summed E-state index contributed by atoms with van der Waals surface area (Å²) >= 11 is 0. The molecule has 6 heteroatoms. The van der Waals surface area contributed by atoms with Crippen LogP contribution in [0.25, 0.3) is 0 Å². The smallest absolute Gasteiger partial charge is 0.205 e. The van der Waals surface area contributed by atoms with Gasteiger partial charge in [-0.1, -0.05) is 13.1 Å². The van der Waals surface area contributed by atoms with Crippen molar-refractivity contribution in [1.82, 2.24) is 0 Å². The van der Waals surface area contributed by atoms with E-state index in [2.05, 4.69) is 39.3 Å². The molecule has 0 saturated carbocycles. The first-order chi connectivity index (χ1) is 7.17. The maximum Gasteiger partial charge on any atom is 0.205 e. The molecule has 0 amide bonds. The van der Waals surface area contributed by atoms with Gasteiger partial charge in [0.2, 0.25) is 8.32 Å². The van der Waals surface area contributed by atoms with Crippen LogP contribution in [0.2, 0.25) is 39.3 Å². The highest BCUT2D eigenvalue weighted by Gasteiger charge is 2.57. The maximum absolute atomic E-state index is 6.65. The third kappa shape index (κ3) is 2.37. The Hall–Kier alpha value is 0.531. The summed E-state index contributed by atoms with van der Waals surface area (Å²) in [7, 11) is -4.56. The molecule has 2 aliphatic heterocycles. The summed E-state index contributed by atoms with van der Waals surface area (Å²) in [5.41, 5.74) is 1.00. The Morgan fingerprint density at radius 1 is 0.875 bits per heavy atom. The third-order valence-electron chi connectivity index (χ3n) is 4.32. The summed E-state index contributed by atoms with van der Waals surface area (Å²) in [5.74, 6) is 0. The minimum absolute atomic E-state index is 0.448. The molecule has 2 saturated heterocycles. The molecular weight excluding hydrogens is 252 g/mol. The zero-order valence-electron chi connectivity index (χ0n) is 11.3. The van der Waals surface area contributed by atoms with Crippen LogP contribution in [-0.2, 0) is 13.6 Å². The fourth-order valence-corrected chi connectivity index (χ4v) is 19.2. The molecule has 2 unspecified atom stereocenters. The van der Waals surface area contributed by atoms with Crippen molar-refractivity contribution in [2.24, 2.45) is 0 Å². The second kappa shape index (κ2) is 3.76. The van der Waals surface area contributed by atoms with Crippen LogP contribution in [0.5, 0.6) is 0 Å². The summed E-state index contributed by atoms with van der Waals surface area (Å²) in [6.45, 7) is 16.2. The molecule has 2 aliphatic rings. The second-order valence-corrected chi connectivity index (χ2v) is 25.8. The van der Waals surface area contributed by atoms with Crippen LogP contribution >= 0.6 is 0 Å². The van der Waals surface area contributed by atoms with Crippen LogP contribution in [0, 0.1) is 0 Å². The van der Waals surface area contributed by atoms with Gasteiger partial charge in [0.1, 0.15) is 7.59 Å². The number of hydrogen-bond donors (Lipinski definition) is 0. The van der Waals surface area contributed by atoms with E-state index in [9.17, 15) is 0 Å². The van der Waals surface area contributed by atoms with E-state index in [4.69, 9.17) is 13.6 Å². The van der Waals surface area contributed by atoms with Gasteiger partial charge in [0.15, 0.2) is 7.83 Å². The van der Waals surface area contributed by atoms with E-state index in [-0.39, 0.29) is 0 Å². The molecule has 0 radical (unpaired) electrons. The molecule has 0 aromatic heterocycles. The van der Waals surface area contributed by atoms with Crippen molar-refractivity contribution in [3.05, 3.63) is 0 Å². The summed E-state index contributed by atoms with van der Waals surface area (Å²) in [4.78, 5) is 0. The molecule has 0 bridgehead atoms. The number of hydrogen-bond acceptors (Lipinski definition) is 3. The van der Waals surface area contributed by atoms with Gasteiger partial charge in [0, 0.05) is 0 Å². The van der Waals surface area contributed by atoms with Gasteiger partial charge < -0.3 is 13.6 Å². The van der Waals surface area contributed by atoms with Gasteiger partial charge in [-0.2, -0.15) is 0 Å². The van der Waals surface area contributed by atoms with E-state index in [0.29, 0.717) is 11.5 Å². The lowest BCUT2D eigenvalue weighted by Crippen LogP contribution is -2.65.